The molecular formula is C46H29NO2. The Morgan fingerprint density at radius 1 is 0.327 bits per heavy atom. The van der Waals surface area contributed by atoms with Gasteiger partial charge in [-0.1, -0.05) is 140 Å². The number of hydrogen-bond donors (Lipinski definition) is 0. The molecule has 0 saturated heterocycles. The highest BCUT2D eigenvalue weighted by Gasteiger charge is 2.23. The Balaban J connectivity index is 1.27. The Bertz CT molecular complexity index is 2830. The second kappa shape index (κ2) is 11.0. The van der Waals surface area contributed by atoms with Gasteiger partial charge in [0.15, 0.2) is 5.58 Å². The van der Waals surface area contributed by atoms with E-state index in [0.29, 0.717) is 0 Å². The molecule has 2 heterocycles. The Labute approximate surface area is 282 Å². The van der Waals surface area contributed by atoms with Crippen LogP contribution in [-0.2, 0) is 0 Å². The number of fused-ring (bicyclic) bond motifs is 7. The zero-order chi connectivity index (χ0) is 32.3. The normalized spacial score (nSPS) is 11.7. The molecule has 10 rings (SSSR count). The van der Waals surface area contributed by atoms with Crippen LogP contribution in [0.3, 0.4) is 0 Å². The third-order valence-electron chi connectivity index (χ3n) is 9.68. The van der Waals surface area contributed by atoms with Crippen LogP contribution >= 0.6 is 0 Å². The van der Waals surface area contributed by atoms with Crippen molar-refractivity contribution in [2.24, 2.45) is 0 Å². The largest absolute Gasteiger partial charge is 0.456 e. The highest BCUT2D eigenvalue weighted by Crippen LogP contribution is 2.47. The maximum absolute atomic E-state index is 6.97. The van der Waals surface area contributed by atoms with Gasteiger partial charge < -0.3 is 13.7 Å². The van der Waals surface area contributed by atoms with Crippen molar-refractivity contribution < 1.29 is 8.83 Å². The van der Waals surface area contributed by atoms with Gasteiger partial charge in [-0.05, 0) is 52.4 Å². The first kappa shape index (κ1) is 27.5. The van der Waals surface area contributed by atoms with Crippen molar-refractivity contribution in [3.05, 3.63) is 176 Å². The first-order chi connectivity index (χ1) is 24.3. The number of rotatable bonds is 5. The molecule has 0 fully saturated rings. The fourth-order valence-corrected chi connectivity index (χ4v) is 7.44. The van der Waals surface area contributed by atoms with Gasteiger partial charge in [-0.3, -0.25) is 0 Å². The molecule has 0 aliphatic heterocycles. The molecular weight excluding hydrogens is 599 g/mol. The summed E-state index contributed by atoms with van der Waals surface area (Å²) in [7, 11) is 0. The number of hydrogen-bond acceptors (Lipinski definition) is 3. The maximum Gasteiger partial charge on any atom is 0.159 e. The van der Waals surface area contributed by atoms with Crippen LogP contribution in [0.25, 0.3) is 76.9 Å². The summed E-state index contributed by atoms with van der Waals surface area (Å²) < 4.78 is 13.4. The lowest BCUT2D eigenvalue weighted by Gasteiger charge is -2.27. The summed E-state index contributed by atoms with van der Waals surface area (Å²) in [6.07, 6.45) is 0. The molecule has 0 radical (unpaired) electrons. The smallest absolute Gasteiger partial charge is 0.159 e. The minimum absolute atomic E-state index is 0.835. The van der Waals surface area contributed by atoms with E-state index in [2.05, 4.69) is 163 Å². The maximum atomic E-state index is 6.97. The van der Waals surface area contributed by atoms with E-state index in [1.165, 1.54) is 16.5 Å². The Kier molecular flexibility index (Phi) is 6.18. The molecule has 0 unspecified atom stereocenters. The fourth-order valence-electron chi connectivity index (χ4n) is 7.44. The van der Waals surface area contributed by atoms with Gasteiger partial charge in [0.25, 0.3) is 0 Å². The Morgan fingerprint density at radius 3 is 1.73 bits per heavy atom. The lowest BCUT2D eigenvalue weighted by molar-refractivity contribution is 0.668. The second-order valence-corrected chi connectivity index (χ2v) is 12.5. The second-order valence-electron chi connectivity index (χ2n) is 12.5. The lowest BCUT2D eigenvalue weighted by Crippen LogP contribution is -2.11. The highest BCUT2D eigenvalue weighted by atomic mass is 16.3. The summed E-state index contributed by atoms with van der Waals surface area (Å²) in [6, 6.07) is 61.9. The number of para-hydroxylation sites is 3. The molecule has 0 amide bonds. The standard InChI is InChI=1S/C46H29NO2/c1-3-13-30(14-4-1)33-27-28-41(36-18-8-7-17-35(33)36)47(32-25-26-38-37-19-9-10-24-43(37)48-44(38)29-32)42-23-12-22-40-39-21-11-20-34(45(39)49-46(40)42)31-15-5-2-6-16-31/h1-29H. The summed E-state index contributed by atoms with van der Waals surface area (Å²) >= 11 is 0. The third-order valence-corrected chi connectivity index (χ3v) is 9.68. The molecule has 2 aromatic heterocycles. The van der Waals surface area contributed by atoms with Crippen LogP contribution in [0.5, 0.6) is 0 Å². The first-order valence-electron chi connectivity index (χ1n) is 16.6. The molecule has 3 nitrogen and oxygen atoms in total. The van der Waals surface area contributed by atoms with E-state index in [9.17, 15) is 0 Å². The van der Waals surface area contributed by atoms with Crippen molar-refractivity contribution in [2.75, 3.05) is 4.90 Å². The van der Waals surface area contributed by atoms with Gasteiger partial charge in [0.1, 0.15) is 16.7 Å². The minimum atomic E-state index is 0.835. The predicted octanol–water partition coefficient (Wildman–Crippen LogP) is 13.4. The molecule has 0 saturated carbocycles. The van der Waals surface area contributed by atoms with Gasteiger partial charge in [-0.15, -0.1) is 0 Å². The van der Waals surface area contributed by atoms with E-state index in [0.717, 1.165) is 77.5 Å². The van der Waals surface area contributed by atoms with Gasteiger partial charge in [-0.2, -0.15) is 0 Å². The zero-order valence-electron chi connectivity index (χ0n) is 26.5. The molecule has 3 heteroatoms. The van der Waals surface area contributed by atoms with Crippen LogP contribution in [0.4, 0.5) is 17.1 Å². The lowest BCUT2D eigenvalue weighted by atomic mass is 9.96. The summed E-state index contributed by atoms with van der Waals surface area (Å²) in [5, 5.41) is 6.70. The molecule has 0 bridgehead atoms. The van der Waals surface area contributed by atoms with E-state index in [4.69, 9.17) is 8.83 Å². The van der Waals surface area contributed by atoms with Crippen LogP contribution in [0.1, 0.15) is 0 Å². The van der Waals surface area contributed by atoms with Gasteiger partial charge in [-0.25, -0.2) is 0 Å². The van der Waals surface area contributed by atoms with Crippen molar-refractivity contribution in [2.45, 2.75) is 0 Å². The molecule has 10 aromatic rings. The summed E-state index contributed by atoms with van der Waals surface area (Å²) in [6.45, 7) is 0. The van der Waals surface area contributed by atoms with E-state index in [1.807, 2.05) is 18.2 Å². The van der Waals surface area contributed by atoms with Crippen LogP contribution in [-0.4, -0.2) is 0 Å². The van der Waals surface area contributed by atoms with Gasteiger partial charge in [0.2, 0.25) is 0 Å². The van der Waals surface area contributed by atoms with E-state index >= 15 is 0 Å². The summed E-state index contributed by atoms with van der Waals surface area (Å²) in [5.74, 6) is 0. The van der Waals surface area contributed by atoms with Crippen molar-refractivity contribution in [3.63, 3.8) is 0 Å². The van der Waals surface area contributed by atoms with Crippen molar-refractivity contribution in [3.8, 4) is 22.3 Å². The highest BCUT2D eigenvalue weighted by molar-refractivity contribution is 6.15. The van der Waals surface area contributed by atoms with E-state index in [1.54, 1.807) is 0 Å². The molecule has 8 aromatic carbocycles. The SMILES string of the molecule is c1ccc(-c2ccc(N(c3ccc4c(c3)oc3ccccc34)c3cccc4c3oc3c(-c5ccccc5)cccc34)c3ccccc23)cc1. The van der Waals surface area contributed by atoms with E-state index < -0.39 is 0 Å². The number of furan rings is 2. The number of benzene rings is 8. The molecule has 0 aliphatic carbocycles. The van der Waals surface area contributed by atoms with E-state index in [-0.39, 0.29) is 0 Å². The van der Waals surface area contributed by atoms with Gasteiger partial charge in [0.05, 0.1) is 17.1 Å². The molecule has 230 valence electrons. The molecule has 0 spiro atoms. The van der Waals surface area contributed by atoms with Gasteiger partial charge >= 0.3 is 0 Å². The van der Waals surface area contributed by atoms with Crippen LogP contribution in [0, 0.1) is 0 Å². The molecule has 0 atom stereocenters. The van der Waals surface area contributed by atoms with Crippen LogP contribution < -0.4 is 4.90 Å². The first-order valence-corrected chi connectivity index (χ1v) is 16.6. The number of nitrogens with zero attached hydrogens (tertiary/aromatic N) is 1. The summed E-state index contributed by atoms with van der Waals surface area (Å²) in [5.41, 5.74) is 11.0. The zero-order valence-corrected chi connectivity index (χ0v) is 26.5. The van der Waals surface area contributed by atoms with Gasteiger partial charge in [0, 0.05) is 38.6 Å². The fraction of sp³-hybridized carbons (Fsp3) is 0. The quantitative estimate of drug-likeness (QED) is 0.190. The minimum Gasteiger partial charge on any atom is -0.456 e. The monoisotopic (exact) mass is 627 g/mol. The average Bonchev–Trinajstić information content (AvgIpc) is 3.74. The van der Waals surface area contributed by atoms with Crippen molar-refractivity contribution >= 4 is 71.7 Å². The Hall–Kier alpha value is -6.58. The topological polar surface area (TPSA) is 29.5 Å². The number of anilines is 3. The third kappa shape index (κ3) is 4.37. The van der Waals surface area contributed by atoms with Crippen LogP contribution in [0.2, 0.25) is 0 Å². The van der Waals surface area contributed by atoms with Crippen molar-refractivity contribution in [1.82, 2.24) is 0 Å². The Morgan fingerprint density at radius 2 is 0.939 bits per heavy atom. The van der Waals surface area contributed by atoms with Crippen molar-refractivity contribution in [1.29, 1.82) is 0 Å². The molecule has 0 N–H and O–H groups in total. The summed E-state index contributed by atoms with van der Waals surface area (Å²) in [4.78, 5) is 2.33. The predicted molar refractivity (Wildman–Crippen MR) is 204 cm³/mol. The average molecular weight is 628 g/mol. The molecule has 0 aliphatic rings. The van der Waals surface area contributed by atoms with Crippen LogP contribution in [0.15, 0.2) is 185 Å². The molecule has 49 heavy (non-hydrogen) atoms.